The first-order valence-corrected chi connectivity index (χ1v) is 12.7. The fourth-order valence-corrected chi connectivity index (χ4v) is 5.87. The van der Waals surface area contributed by atoms with Gasteiger partial charge in [-0.05, 0) is 87.0 Å². The number of hydrogen-bond acceptors (Lipinski definition) is 3. The second-order valence-corrected chi connectivity index (χ2v) is 10.4. The standard InChI is InChI=1S/C25H31Cl3N4O/c1-16(21-6-5-19(26)14-23(21)28)30-24-13-18(4-7-22(24)27)17-8-11-31(12-9-17)20-3-2-10-32(15-20)25(29)33/h4-7,13-14,16-17,20,30H,2-3,8-12,15H2,1H3,(H2,29,33). The molecule has 2 aromatic rings. The lowest BCUT2D eigenvalue weighted by atomic mass is 9.88. The number of benzene rings is 2. The van der Waals surface area contributed by atoms with Crippen LogP contribution in [0.1, 0.15) is 55.7 Å². The number of carbonyl (C=O) groups is 1. The van der Waals surface area contributed by atoms with Crippen molar-refractivity contribution in [3.63, 3.8) is 0 Å². The van der Waals surface area contributed by atoms with E-state index in [1.54, 1.807) is 11.0 Å². The molecular weight excluding hydrogens is 479 g/mol. The highest BCUT2D eigenvalue weighted by Crippen LogP contribution is 2.36. The van der Waals surface area contributed by atoms with E-state index in [1.165, 1.54) is 5.56 Å². The molecule has 2 unspecified atom stereocenters. The van der Waals surface area contributed by atoms with Gasteiger partial charge in [-0.15, -0.1) is 0 Å². The first-order valence-electron chi connectivity index (χ1n) is 11.6. The van der Waals surface area contributed by atoms with Crippen LogP contribution in [0.15, 0.2) is 36.4 Å². The Bertz CT molecular complexity index is 994. The minimum atomic E-state index is -0.301. The molecule has 2 aliphatic heterocycles. The third-order valence-electron chi connectivity index (χ3n) is 7.02. The average Bonchev–Trinajstić information content (AvgIpc) is 2.80. The molecule has 0 spiro atoms. The SMILES string of the molecule is CC(Nc1cc(C2CCN(C3CCCN(C(N)=O)C3)CC2)ccc1Cl)c1ccc(Cl)cc1Cl. The number of amides is 2. The molecule has 0 aromatic heterocycles. The van der Waals surface area contributed by atoms with Gasteiger partial charge in [0.2, 0.25) is 0 Å². The third kappa shape index (κ3) is 5.89. The van der Waals surface area contributed by atoms with Crippen molar-refractivity contribution in [3.8, 4) is 0 Å². The zero-order chi connectivity index (χ0) is 23.5. The monoisotopic (exact) mass is 508 g/mol. The Kier molecular flexibility index (Phi) is 7.95. The number of primary amides is 1. The molecule has 2 fully saturated rings. The number of hydrogen-bond donors (Lipinski definition) is 2. The van der Waals surface area contributed by atoms with Crippen LogP contribution >= 0.6 is 34.8 Å². The van der Waals surface area contributed by atoms with Gasteiger partial charge in [0.05, 0.1) is 16.8 Å². The zero-order valence-corrected chi connectivity index (χ0v) is 21.1. The van der Waals surface area contributed by atoms with Crippen LogP contribution in [0.5, 0.6) is 0 Å². The summed E-state index contributed by atoms with van der Waals surface area (Å²) in [4.78, 5) is 15.9. The van der Waals surface area contributed by atoms with Crippen LogP contribution in [0, 0.1) is 0 Å². The molecule has 0 saturated carbocycles. The molecule has 3 N–H and O–H groups in total. The molecular formula is C25H31Cl3N4O. The van der Waals surface area contributed by atoms with E-state index in [1.807, 2.05) is 18.2 Å². The minimum absolute atomic E-state index is 0.0103. The lowest BCUT2D eigenvalue weighted by Gasteiger charge is -2.42. The average molecular weight is 510 g/mol. The Morgan fingerprint density at radius 1 is 1.03 bits per heavy atom. The number of piperidine rings is 2. The normalized spacial score (nSPS) is 21.1. The van der Waals surface area contributed by atoms with Crippen LogP contribution in [-0.2, 0) is 0 Å². The Hall–Kier alpha value is -1.66. The predicted octanol–water partition coefficient (Wildman–Crippen LogP) is 6.54. The zero-order valence-electron chi connectivity index (χ0n) is 18.9. The molecule has 2 aliphatic rings. The van der Waals surface area contributed by atoms with Crippen molar-refractivity contribution in [2.45, 2.75) is 50.6 Å². The Morgan fingerprint density at radius 3 is 2.48 bits per heavy atom. The van der Waals surface area contributed by atoms with Crippen molar-refractivity contribution in [2.24, 2.45) is 5.73 Å². The molecule has 2 saturated heterocycles. The highest BCUT2D eigenvalue weighted by Gasteiger charge is 2.30. The van der Waals surface area contributed by atoms with Crippen LogP contribution in [-0.4, -0.2) is 48.1 Å². The maximum atomic E-state index is 11.6. The number of carbonyl (C=O) groups excluding carboxylic acids is 1. The number of nitrogens with one attached hydrogen (secondary N) is 1. The van der Waals surface area contributed by atoms with Crippen molar-refractivity contribution >= 4 is 46.5 Å². The summed E-state index contributed by atoms with van der Waals surface area (Å²) in [5.74, 6) is 0.490. The Labute approximate surface area is 211 Å². The molecule has 0 aliphatic carbocycles. The minimum Gasteiger partial charge on any atom is -0.377 e. The van der Waals surface area contributed by atoms with Crippen molar-refractivity contribution in [3.05, 3.63) is 62.6 Å². The molecule has 0 radical (unpaired) electrons. The van der Waals surface area contributed by atoms with Crippen molar-refractivity contribution in [1.82, 2.24) is 9.80 Å². The molecule has 8 heteroatoms. The lowest BCUT2D eigenvalue weighted by molar-refractivity contribution is 0.0910. The van der Waals surface area contributed by atoms with Gasteiger partial charge < -0.3 is 16.0 Å². The fraction of sp³-hybridized carbons (Fsp3) is 0.480. The van der Waals surface area contributed by atoms with E-state index in [0.29, 0.717) is 27.0 Å². The van der Waals surface area contributed by atoms with Crippen molar-refractivity contribution < 1.29 is 4.79 Å². The van der Waals surface area contributed by atoms with Gasteiger partial charge in [-0.1, -0.05) is 46.9 Å². The van der Waals surface area contributed by atoms with Gasteiger partial charge in [-0.3, -0.25) is 4.90 Å². The second kappa shape index (κ2) is 10.7. The lowest BCUT2D eigenvalue weighted by Crippen LogP contribution is -2.52. The van der Waals surface area contributed by atoms with E-state index in [9.17, 15) is 4.79 Å². The molecule has 2 atom stereocenters. The topological polar surface area (TPSA) is 61.6 Å². The summed E-state index contributed by atoms with van der Waals surface area (Å²) >= 11 is 19.0. The van der Waals surface area contributed by atoms with E-state index >= 15 is 0 Å². The highest BCUT2D eigenvalue weighted by molar-refractivity contribution is 6.35. The first-order chi connectivity index (χ1) is 15.8. The van der Waals surface area contributed by atoms with Crippen LogP contribution in [0.25, 0.3) is 0 Å². The van der Waals surface area contributed by atoms with E-state index < -0.39 is 0 Å². The van der Waals surface area contributed by atoms with Gasteiger partial charge >= 0.3 is 6.03 Å². The van der Waals surface area contributed by atoms with E-state index in [0.717, 1.165) is 63.1 Å². The maximum Gasteiger partial charge on any atom is 0.314 e. The van der Waals surface area contributed by atoms with Gasteiger partial charge in [0, 0.05) is 29.2 Å². The summed E-state index contributed by atoms with van der Waals surface area (Å²) in [5, 5.41) is 5.48. The number of rotatable bonds is 5. The van der Waals surface area contributed by atoms with Gasteiger partial charge in [0.1, 0.15) is 0 Å². The van der Waals surface area contributed by atoms with Gasteiger partial charge in [0.15, 0.2) is 0 Å². The molecule has 2 heterocycles. The van der Waals surface area contributed by atoms with Gasteiger partial charge in [-0.25, -0.2) is 4.79 Å². The van der Waals surface area contributed by atoms with E-state index in [-0.39, 0.29) is 12.1 Å². The second-order valence-electron chi connectivity index (χ2n) is 9.16. The largest absolute Gasteiger partial charge is 0.377 e. The van der Waals surface area contributed by atoms with Gasteiger partial charge in [0.25, 0.3) is 0 Å². The predicted molar refractivity (Wildman–Crippen MR) is 138 cm³/mol. The smallest absolute Gasteiger partial charge is 0.314 e. The van der Waals surface area contributed by atoms with Gasteiger partial charge in [-0.2, -0.15) is 0 Å². The highest BCUT2D eigenvalue weighted by atomic mass is 35.5. The van der Waals surface area contributed by atoms with Crippen LogP contribution in [0.2, 0.25) is 15.1 Å². The summed E-state index contributed by atoms with van der Waals surface area (Å²) in [6, 6.07) is 12.0. The fourth-order valence-electron chi connectivity index (χ4n) is 5.12. The van der Waals surface area contributed by atoms with Crippen LogP contribution < -0.4 is 11.1 Å². The third-order valence-corrected chi connectivity index (χ3v) is 7.91. The summed E-state index contributed by atoms with van der Waals surface area (Å²) in [6.07, 6.45) is 4.34. The quantitative estimate of drug-likeness (QED) is 0.481. The maximum absolute atomic E-state index is 11.6. The number of likely N-dealkylation sites (tertiary alicyclic amines) is 2. The molecule has 4 rings (SSSR count). The van der Waals surface area contributed by atoms with E-state index in [2.05, 4.69) is 29.3 Å². The molecule has 33 heavy (non-hydrogen) atoms. The summed E-state index contributed by atoms with van der Waals surface area (Å²) < 4.78 is 0. The number of nitrogens with two attached hydrogens (primary N) is 1. The number of halogens is 3. The molecule has 2 amide bonds. The van der Waals surface area contributed by atoms with Crippen molar-refractivity contribution in [2.75, 3.05) is 31.5 Å². The Morgan fingerprint density at radius 2 is 1.79 bits per heavy atom. The number of urea groups is 1. The van der Waals surface area contributed by atoms with Crippen molar-refractivity contribution in [1.29, 1.82) is 0 Å². The summed E-state index contributed by atoms with van der Waals surface area (Å²) in [6.45, 7) is 5.66. The molecule has 178 valence electrons. The van der Waals surface area contributed by atoms with Crippen LogP contribution in [0.3, 0.4) is 0 Å². The molecule has 5 nitrogen and oxygen atoms in total. The molecule has 0 bridgehead atoms. The first kappa shape index (κ1) is 24.5. The Balaban J connectivity index is 1.39. The summed E-state index contributed by atoms with van der Waals surface area (Å²) in [7, 11) is 0. The van der Waals surface area contributed by atoms with E-state index in [4.69, 9.17) is 40.5 Å². The van der Waals surface area contributed by atoms with Crippen LogP contribution in [0.4, 0.5) is 10.5 Å². The molecule has 2 aromatic carbocycles. The summed E-state index contributed by atoms with van der Waals surface area (Å²) in [5.41, 5.74) is 8.71. The number of anilines is 1. The number of nitrogens with zero attached hydrogens (tertiary/aromatic N) is 2.